The number of hydrogen-bond donors (Lipinski definition) is 2. The van der Waals surface area contributed by atoms with E-state index in [2.05, 4.69) is 4.98 Å². The SMILES string of the molecule is CSc1c(C(N)=O)oc2c1c(=O)[nH]c1ccc(Cl)cc12. The molecule has 20 heavy (non-hydrogen) atoms. The number of benzene rings is 1. The summed E-state index contributed by atoms with van der Waals surface area (Å²) >= 11 is 7.21. The van der Waals surface area contributed by atoms with Gasteiger partial charge in [0.15, 0.2) is 5.58 Å². The number of nitrogens with two attached hydrogens (primary N) is 1. The molecule has 0 spiro atoms. The summed E-state index contributed by atoms with van der Waals surface area (Å²) in [7, 11) is 0. The van der Waals surface area contributed by atoms with Gasteiger partial charge in [0.2, 0.25) is 5.76 Å². The van der Waals surface area contributed by atoms with Crippen molar-refractivity contribution in [3.8, 4) is 0 Å². The zero-order valence-electron chi connectivity index (χ0n) is 10.3. The number of fused-ring (bicyclic) bond motifs is 3. The van der Waals surface area contributed by atoms with Crippen LogP contribution in [0.25, 0.3) is 21.9 Å². The van der Waals surface area contributed by atoms with Gasteiger partial charge in [0.1, 0.15) is 5.39 Å². The lowest BCUT2D eigenvalue weighted by molar-refractivity contribution is 0.0972. The third-order valence-corrected chi connectivity index (χ3v) is 4.03. The maximum Gasteiger partial charge on any atom is 0.285 e. The van der Waals surface area contributed by atoms with Crippen molar-refractivity contribution >= 4 is 51.1 Å². The summed E-state index contributed by atoms with van der Waals surface area (Å²) in [5.74, 6) is -0.717. The first kappa shape index (κ1) is 13.1. The van der Waals surface area contributed by atoms with Crippen molar-refractivity contribution in [3.05, 3.63) is 39.3 Å². The highest BCUT2D eigenvalue weighted by Crippen LogP contribution is 2.34. The van der Waals surface area contributed by atoms with Crippen molar-refractivity contribution in [2.75, 3.05) is 6.26 Å². The van der Waals surface area contributed by atoms with E-state index in [1.807, 2.05) is 0 Å². The average molecular weight is 309 g/mol. The van der Waals surface area contributed by atoms with Crippen LogP contribution in [0.4, 0.5) is 0 Å². The van der Waals surface area contributed by atoms with Gasteiger partial charge in [0.25, 0.3) is 11.5 Å². The Morgan fingerprint density at radius 2 is 2.20 bits per heavy atom. The molecule has 0 radical (unpaired) electrons. The van der Waals surface area contributed by atoms with Crippen LogP contribution in [0.3, 0.4) is 0 Å². The molecule has 0 fully saturated rings. The molecule has 7 heteroatoms. The Morgan fingerprint density at radius 3 is 2.85 bits per heavy atom. The van der Waals surface area contributed by atoms with Crippen molar-refractivity contribution in [2.45, 2.75) is 4.90 Å². The van der Waals surface area contributed by atoms with Crippen LogP contribution in [0.5, 0.6) is 0 Å². The quantitative estimate of drug-likeness (QED) is 0.712. The fraction of sp³-hybridized carbons (Fsp3) is 0.0769. The van der Waals surface area contributed by atoms with Crippen LogP contribution in [-0.4, -0.2) is 17.1 Å². The minimum atomic E-state index is -0.708. The van der Waals surface area contributed by atoms with Gasteiger partial charge in [-0.05, 0) is 24.5 Å². The summed E-state index contributed by atoms with van der Waals surface area (Å²) in [5.41, 5.74) is 5.88. The van der Waals surface area contributed by atoms with Crippen molar-refractivity contribution in [1.82, 2.24) is 4.98 Å². The number of thioether (sulfide) groups is 1. The standard InChI is InChI=1S/C13H9ClN2O3S/c1-20-11-8-9(19-10(11)12(15)17)6-4-5(14)2-3-7(6)16-13(8)18/h2-4H,1H3,(H2,15,17)(H,16,18). The zero-order chi connectivity index (χ0) is 14.4. The molecule has 0 bridgehead atoms. The topological polar surface area (TPSA) is 89.1 Å². The van der Waals surface area contributed by atoms with Gasteiger partial charge in [-0.15, -0.1) is 11.8 Å². The molecule has 2 heterocycles. The van der Waals surface area contributed by atoms with E-state index in [0.29, 0.717) is 31.8 Å². The third kappa shape index (κ3) is 1.80. The Bertz CT molecular complexity index is 913. The highest BCUT2D eigenvalue weighted by atomic mass is 35.5. The largest absolute Gasteiger partial charge is 0.449 e. The molecular weight excluding hydrogens is 300 g/mol. The number of rotatable bonds is 2. The van der Waals surface area contributed by atoms with Crippen LogP contribution in [0.1, 0.15) is 10.6 Å². The summed E-state index contributed by atoms with van der Waals surface area (Å²) in [4.78, 5) is 26.8. The first-order valence-corrected chi connectivity index (χ1v) is 7.25. The molecule has 3 rings (SSSR count). The number of primary amides is 1. The van der Waals surface area contributed by atoms with Gasteiger partial charge in [0.05, 0.1) is 10.4 Å². The van der Waals surface area contributed by atoms with Crippen LogP contribution in [0.2, 0.25) is 5.02 Å². The number of aromatic nitrogens is 1. The Balaban J connectivity index is 2.59. The number of carbonyl (C=O) groups excluding carboxylic acids is 1. The van der Waals surface area contributed by atoms with E-state index in [4.69, 9.17) is 21.8 Å². The van der Waals surface area contributed by atoms with Crippen LogP contribution in [0.15, 0.2) is 32.3 Å². The van der Waals surface area contributed by atoms with Crippen LogP contribution in [0, 0.1) is 0 Å². The summed E-state index contributed by atoms with van der Waals surface area (Å²) in [6, 6.07) is 5.02. The smallest absolute Gasteiger partial charge is 0.285 e. The molecule has 0 unspecified atom stereocenters. The molecule has 0 aliphatic heterocycles. The second kappa shape index (κ2) is 4.57. The fourth-order valence-corrected chi connectivity index (χ4v) is 3.06. The number of hydrogen-bond acceptors (Lipinski definition) is 4. The maximum absolute atomic E-state index is 12.2. The van der Waals surface area contributed by atoms with Crippen molar-refractivity contribution < 1.29 is 9.21 Å². The van der Waals surface area contributed by atoms with E-state index >= 15 is 0 Å². The fourth-order valence-electron chi connectivity index (χ4n) is 2.17. The van der Waals surface area contributed by atoms with Crippen molar-refractivity contribution in [3.63, 3.8) is 0 Å². The molecule has 3 N–H and O–H groups in total. The number of halogens is 1. The van der Waals surface area contributed by atoms with E-state index in [0.717, 1.165) is 0 Å². The summed E-state index contributed by atoms with van der Waals surface area (Å²) in [5, 5.41) is 1.46. The van der Waals surface area contributed by atoms with Gasteiger partial charge in [-0.1, -0.05) is 11.6 Å². The maximum atomic E-state index is 12.2. The monoisotopic (exact) mass is 308 g/mol. The minimum Gasteiger partial charge on any atom is -0.449 e. The van der Waals surface area contributed by atoms with Crippen LogP contribution in [-0.2, 0) is 0 Å². The molecule has 0 aliphatic carbocycles. The summed E-state index contributed by atoms with van der Waals surface area (Å²) in [6.45, 7) is 0. The van der Waals surface area contributed by atoms with Crippen LogP contribution >= 0.6 is 23.4 Å². The van der Waals surface area contributed by atoms with Gasteiger partial charge in [-0.25, -0.2) is 0 Å². The Labute approximate surface area is 122 Å². The highest BCUT2D eigenvalue weighted by molar-refractivity contribution is 7.99. The van der Waals surface area contributed by atoms with Gasteiger partial charge < -0.3 is 15.1 Å². The lowest BCUT2D eigenvalue weighted by atomic mass is 10.2. The predicted molar refractivity (Wildman–Crippen MR) is 79.6 cm³/mol. The average Bonchev–Trinajstić information content (AvgIpc) is 2.80. The molecular formula is C13H9ClN2O3S. The number of furan rings is 1. The molecule has 1 amide bonds. The van der Waals surface area contributed by atoms with Crippen molar-refractivity contribution in [2.24, 2.45) is 5.73 Å². The molecule has 1 aromatic carbocycles. The van der Waals surface area contributed by atoms with E-state index in [9.17, 15) is 9.59 Å². The van der Waals surface area contributed by atoms with Gasteiger partial charge in [-0.2, -0.15) is 0 Å². The van der Waals surface area contributed by atoms with Crippen molar-refractivity contribution in [1.29, 1.82) is 0 Å². The Morgan fingerprint density at radius 1 is 1.45 bits per heavy atom. The molecule has 102 valence electrons. The molecule has 2 aromatic heterocycles. The molecule has 5 nitrogen and oxygen atoms in total. The normalized spacial score (nSPS) is 11.3. The second-order valence-electron chi connectivity index (χ2n) is 4.18. The molecule has 0 saturated heterocycles. The number of H-pyrrole nitrogens is 1. The lowest BCUT2D eigenvalue weighted by Gasteiger charge is -1.99. The van der Waals surface area contributed by atoms with Crippen LogP contribution < -0.4 is 11.3 Å². The van der Waals surface area contributed by atoms with Gasteiger partial charge >= 0.3 is 0 Å². The van der Waals surface area contributed by atoms with E-state index in [1.54, 1.807) is 24.5 Å². The highest BCUT2D eigenvalue weighted by Gasteiger charge is 2.22. The van der Waals surface area contributed by atoms with E-state index in [1.165, 1.54) is 11.8 Å². The predicted octanol–water partition coefficient (Wildman–Crippen LogP) is 2.75. The summed E-state index contributed by atoms with van der Waals surface area (Å²) in [6.07, 6.45) is 1.75. The lowest BCUT2D eigenvalue weighted by Crippen LogP contribution is -2.11. The molecule has 3 aromatic rings. The van der Waals surface area contributed by atoms with E-state index < -0.39 is 5.91 Å². The van der Waals surface area contributed by atoms with E-state index in [-0.39, 0.29) is 11.3 Å². The zero-order valence-corrected chi connectivity index (χ0v) is 11.9. The number of pyridine rings is 1. The third-order valence-electron chi connectivity index (χ3n) is 2.99. The number of carbonyl (C=O) groups is 1. The number of aromatic amines is 1. The first-order chi connectivity index (χ1) is 9.52. The number of amides is 1. The molecule has 0 saturated carbocycles. The Hall–Kier alpha value is -1.92. The minimum absolute atomic E-state index is 0.00882. The van der Waals surface area contributed by atoms with Gasteiger partial charge in [-0.3, -0.25) is 9.59 Å². The second-order valence-corrected chi connectivity index (χ2v) is 5.43. The molecule has 0 atom stereocenters. The first-order valence-electron chi connectivity index (χ1n) is 5.64. The molecule has 0 aliphatic rings. The summed E-state index contributed by atoms with van der Waals surface area (Å²) < 4.78 is 5.53. The number of nitrogens with one attached hydrogen (secondary N) is 1. The Kier molecular flexibility index (Phi) is 2.99. The van der Waals surface area contributed by atoms with Gasteiger partial charge in [0, 0.05) is 10.4 Å².